The molecule has 0 aliphatic carbocycles. The predicted molar refractivity (Wildman–Crippen MR) is 198 cm³/mol. The lowest BCUT2D eigenvalue weighted by Crippen LogP contribution is -1.92. The summed E-state index contributed by atoms with van der Waals surface area (Å²) in [7, 11) is 0. The van der Waals surface area contributed by atoms with E-state index in [1.807, 2.05) is 54.6 Å². The third-order valence-electron chi connectivity index (χ3n) is 8.85. The molecule has 0 bridgehead atoms. The van der Waals surface area contributed by atoms with Crippen LogP contribution in [-0.2, 0) is 0 Å². The van der Waals surface area contributed by atoms with Gasteiger partial charge in [0.15, 0.2) is 0 Å². The van der Waals surface area contributed by atoms with Crippen LogP contribution in [-0.4, -0.2) is 0 Å². The van der Waals surface area contributed by atoms with Crippen LogP contribution in [0.5, 0.6) is 0 Å². The van der Waals surface area contributed by atoms with Gasteiger partial charge in [-0.25, -0.2) is 0 Å². The normalized spacial score (nSPS) is 14.2. The first-order valence-electron chi connectivity index (χ1n) is 19.7. The Balaban J connectivity index is 1.34. The summed E-state index contributed by atoms with van der Waals surface area (Å²) < 4.78 is 79.0. The second kappa shape index (κ2) is 10.9. The molecule has 0 amide bonds. The van der Waals surface area contributed by atoms with E-state index in [0.717, 1.165) is 49.4 Å². The first-order valence-corrected chi connectivity index (χ1v) is 15.2. The third-order valence-corrected chi connectivity index (χ3v) is 8.85. The fourth-order valence-electron chi connectivity index (χ4n) is 6.79. The fraction of sp³-hybridized carbons (Fsp3) is 0. The first-order chi connectivity index (χ1) is 26.6. The SMILES string of the molecule is [2H]c1c([2H])c([2H])c(-c2c3ccccc3c(-c3cccc4c(-c5ccc6cc(-c7ccccc7)ccc6c5)cccc34)c3c([2H])c([2H])c([2H])c([2H])c23)c([2H])c1[2H]. The van der Waals surface area contributed by atoms with Crippen molar-refractivity contribution in [3.05, 3.63) is 182 Å². The number of hydrogen-bond acceptors (Lipinski definition) is 0. The average molecular weight is 592 g/mol. The van der Waals surface area contributed by atoms with Gasteiger partial charge in [0, 0.05) is 0 Å². The van der Waals surface area contributed by atoms with Crippen LogP contribution in [0.25, 0.3) is 87.6 Å². The minimum atomic E-state index is -0.541. The van der Waals surface area contributed by atoms with E-state index in [1.54, 1.807) is 12.1 Å². The van der Waals surface area contributed by atoms with E-state index in [-0.39, 0.29) is 34.0 Å². The van der Waals surface area contributed by atoms with Crippen molar-refractivity contribution in [1.82, 2.24) is 0 Å². The van der Waals surface area contributed by atoms with Crippen LogP contribution in [0.4, 0.5) is 0 Å². The Kier molecular flexibility index (Phi) is 4.43. The second-order valence-corrected chi connectivity index (χ2v) is 11.4. The molecule has 0 saturated carbocycles. The highest BCUT2D eigenvalue weighted by atomic mass is 14.2. The molecule has 0 spiro atoms. The van der Waals surface area contributed by atoms with E-state index in [0.29, 0.717) is 16.3 Å². The van der Waals surface area contributed by atoms with Crippen LogP contribution in [0.2, 0.25) is 0 Å². The van der Waals surface area contributed by atoms with E-state index < -0.39 is 42.3 Å². The number of benzene rings is 9. The van der Waals surface area contributed by atoms with Crippen LogP contribution in [0, 0.1) is 0 Å². The zero-order valence-corrected chi connectivity index (χ0v) is 24.6. The molecule has 9 rings (SSSR count). The highest BCUT2D eigenvalue weighted by molar-refractivity contribution is 6.24. The van der Waals surface area contributed by atoms with Gasteiger partial charge in [-0.1, -0.05) is 170 Å². The Morgan fingerprint density at radius 2 is 0.848 bits per heavy atom. The van der Waals surface area contributed by atoms with Gasteiger partial charge in [0.1, 0.15) is 0 Å². The molecule has 0 unspecified atom stereocenters. The Labute approximate surface area is 281 Å². The Hall–Kier alpha value is -5.98. The van der Waals surface area contributed by atoms with Crippen molar-refractivity contribution in [2.75, 3.05) is 0 Å². The fourth-order valence-corrected chi connectivity index (χ4v) is 6.79. The van der Waals surface area contributed by atoms with Gasteiger partial charge in [0.2, 0.25) is 0 Å². The number of hydrogen-bond donors (Lipinski definition) is 0. The van der Waals surface area contributed by atoms with E-state index in [4.69, 9.17) is 9.60 Å². The van der Waals surface area contributed by atoms with Gasteiger partial charge in [0.25, 0.3) is 0 Å². The number of rotatable bonds is 4. The molecule has 0 N–H and O–H groups in total. The summed E-state index contributed by atoms with van der Waals surface area (Å²) in [6.45, 7) is 0. The van der Waals surface area contributed by atoms with Gasteiger partial charge in [-0.15, -0.1) is 0 Å². The minimum Gasteiger partial charge on any atom is -0.0622 e. The summed E-state index contributed by atoms with van der Waals surface area (Å²) in [6.07, 6.45) is 0. The molecule has 0 heteroatoms. The molecule has 0 aromatic heterocycles. The highest BCUT2D eigenvalue weighted by Gasteiger charge is 2.18. The quantitative estimate of drug-likeness (QED) is 0.179. The van der Waals surface area contributed by atoms with Gasteiger partial charge in [-0.2, -0.15) is 0 Å². The Bertz CT molecular complexity index is 3050. The lowest BCUT2D eigenvalue weighted by molar-refractivity contribution is 1.64. The molecule has 9 aromatic rings. The summed E-state index contributed by atoms with van der Waals surface area (Å²) >= 11 is 0. The zero-order valence-electron chi connectivity index (χ0n) is 33.6. The maximum Gasteiger partial charge on any atom is 0.0629 e. The molecule has 0 heterocycles. The van der Waals surface area contributed by atoms with Gasteiger partial charge >= 0.3 is 0 Å². The van der Waals surface area contributed by atoms with E-state index in [2.05, 4.69) is 60.7 Å². The number of fused-ring (bicyclic) bond motifs is 4. The van der Waals surface area contributed by atoms with Crippen molar-refractivity contribution in [2.45, 2.75) is 0 Å². The molecule has 0 aliphatic rings. The third kappa shape index (κ3) is 4.30. The maximum atomic E-state index is 9.32. The van der Waals surface area contributed by atoms with Gasteiger partial charge in [0.05, 0.1) is 12.3 Å². The van der Waals surface area contributed by atoms with Crippen LogP contribution < -0.4 is 0 Å². The molecule has 214 valence electrons. The molecular formula is C46H30. The predicted octanol–water partition coefficient (Wildman–Crippen LogP) is 13.0. The van der Waals surface area contributed by atoms with Crippen molar-refractivity contribution < 1.29 is 12.3 Å². The lowest BCUT2D eigenvalue weighted by atomic mass is 9.84. The summed E-state index contributed by atoms with van der Waals surface area (Å²) in [5.74, 6) is 0. The van der Waals surface area contributed by atoms with Crippen molar-refractivity contribution in [3.8, 4) is 44.5 Å². The van der Waals surface area contributed by atoms with Crippen LogP contribution >= 0.6 is 0 Å². The minimum absolute atomic E-state index is 0.0933. The second-order valence-electron chi connectivity index (χ2n) is 11.4. The van der Waals surface area contributed by atoms with E-state index in [9.17, 15) is 2.74 Å². The van der Waals surface area contributed by atoms with Crippen LogP contribution in [0.15, 0.2) is 182 Å². The largest absolute Gasteiger partial charge is 0.0629 e. The van der Waals surface area contributed by atoms with Crippen molar-refractivity contribution in [3.63, 3.8) is 0 Å². The van der Waals surface area contributed by atoms with Crippen molar-refractivity contribution >= 4 is 43.1 Å². The molecule has 0 saturated heterocycles. The summed E-state index contributed by atoms with van der Waals surface area (Å²) in [5, 5.41) is 5.48. The summed E-state index contributed by atoms with van der Waals surface area (Å²) in [5.41, 5.74) is 5.69. The van der Waals surface area contributed by atoms with Crippen molar-refractivity contribution in [1.29, 1.82) is 0 Å². The molecular weight excluding hydrogens is 553 g/mol. The maximum absolute atomic E-state index is 9.32. The van der Waals surface area contributed by atoms with Crippen LogP contribution in [0.1, 0.15) is 12.3 Å². The summed E-state index contributed by atoms with van der Waals surface area (Å²) in [4.78, 5) is 0. The molecule has 0 nitrogen and oxygen atoms in total. The topological polar surface area (TPSA) is 0 Å². The molecule has 0 radical (unpaired) electrons. The van der Waals surface area contributed by atoms with Gasteiger partial charge in [-0.3, -0.25) is 0 Å². The smallest absolute Gasteiger partial charge is 0.0622 e. The average Bonchev–Trinajstić information content (AvgIpc) is 3.22. The molecule has 46 heavy (non-hydrogen) atoms. The monoisotopic (exact) mass is 591 g/mol. The van der Waals surface area contributed by atoms with Crippen LogP contribution in [0.3, 0.4) is 0 Å². The molecule has 0 fully saturated rings. The van der Waals surface area contributed by atoms with Crippen molar-refractivity contribution in [2.24, 2.45) is 0 Å². The Morgan fingerprint density at radius 1 is 0.304 bits per heavy atom. The molecule has 0 atom stereocenters. The zero-order chi connectivity index (χ0) is 38.3. The Morgan fingerprint density at radius 3 is 1.59 bits per heavy atom. The summed E-state index contributed by atoms with van der Waals surface area (Å²) in [6, 6.07) is 38.5. The van der Waals surface area contributed by atoms with E-state index in [1.165, 1.54) is 0 Å². The lowest BCUT2D eigenvalue weighted by Gasteiger charge is -2.19. The molecule has 9 aromatic carbocycles. The van der Waals surface area contributed by atoms with Gasteiger partial charge in [-0.05, 0) is 99.7 Å². The highest BCUT2D eigenvalue weighted by Crippen LogP contribution is 2.46. The first kappa shape index (κ1) is 18.7. The van der Waals surface area contributed by atoms with Gasteiger partial charge < -0.3 is 0 Å². The standard InChI is InChI=1S/C46H30/c1-3-13-31(14-4-1)33-25-26-35-30-36(28-27-34(35)29-33)37-21-11-23-39-38(37)22-12-24-40(39)46-43-19-9-7-17-41(43)45(32-15-5-2-6-16-32)42-18-8-10-20-44(42)46/h1-30H/i2D,5D,6D,7D,9D,15D,16D,17D,19D. The molecule has 0 aliphatic heterocycles. The van der Waals surface area contributed by atoms with E-state index >= 15 is 0 Å².